The van der Waals surface area contributed by atoms with Gasteiger partial charge in [-0.25, -0.2) is 8.78 Å². The fraction of sp³-hybridized carbons (Fsp3) is 0.143. The molecule has 2 aromatic carbocycles. The average molecular weight is 233 g/mol. The second-order valence-corrected chi connectivity index (χ2v) is 4.04. The molecule has 1 nitrogen and oxygen atoms in total. The molecule has 2 aromatic rings. The van der Waals surface area contributed by atoms with E-state index in [0.29, 0.717) is 5.56 Å². The van der Waals surface area contributed by atoms with Crippen LogP contribution in [-0.4, -0.2) is 0 Å². The van der Waals surface area contributed by atoms with Crippen LogP contribution in [0.5, 0.6) is 0 Å². The summed E-state index contributed by atoms with van der Waals surface area (Å²) in [5.41, 5.74) is 8.21. The maximum Gasteiger partial charge on any atom is 0.126 e. The van der Waals surface area contributed by atoms with Crippen molar-refractivity contribution in [3.8, 4) is 0 Å². The van der Waals surface area contributed by atoms with E-state index >= 15 is 0 Å². The van der Waals surface area contributed by atoms with Gasteiger partial charge in [0.15, 0.2) is 0 Å². The van der Waals surface area contributed by atoms with Crippen LogP contribution in [0.25, 0.3) is 0 Å². The lowest BCUT2D eigenvalue weighted by Gasteiger charge is -2.13. The van der Waals surface area contributed by atoms with Gasteiger partial charge in [0.1, 0.15) is 11.6 Å². The van der Waals surface area contributed by atoms with Crippen molar-refractivity contribution in [2.24, 2.45) is 5.73 Å². The van der Waals surface area contributed by atoms with Crippen molar-refractivity contribution in [1.82, 2.24) is 0 Å². The quantitative estimate of drug-likeness (QED) is 0.846. The standard InChI is InChI=1S/C14H13F2N/c1-9-8-11(4-7-13(9)16)14(17)10-2-5-12(15)6-3-10/h2-8,14H,17H2,1H3. The Morgan fingerprint density at radius 3 is 2.12 bits per heavy atom. The van der Waals surface area contributed by atoms with Crippen LogP contribution in [0, 0.1) is 18.6 Å². The number of hydrogen-bond donors (Lipinski definition) is 1. The van der Waals surface area contributed by atoms with E-state index < -0.39 is 0 Å². The molecule has 3 heteroatoms. The highest BCUT2D eigenvalue weighted by atomic mass is 19.1. The lowest BCUT2D eigenvalue weighted by Crippen LogP contribution is -2.12. The zero-order valence-corrected chi connectivity index (χ0v) is 9.45. The molecular formula is C14H13F2N. The van der Waals surface area contributed by atoms with Gasteiger partial charge >= 0.3 is 0 Å². The minimum absolute atomic E-state index is 0.250. The molecule has 0 bridgehead atoms. The van der Waals surface area contributed by atoms with E-state index in [4.69, 9.17) is 5.73 Å². The van der Waals surface area contributed by atoms with Crippen molar-refractivity contribution in [2.75, 3.05) is 0 Å². The molecule has 0 aliphatic heterocycles. The smallest absolute Gasteiger partial charge is 0.126 e. The Balaban J connectivity index is 2.33. The number of hydrogen-bond acceptors (Lipinski definition) is 1. The van der Waals surface area contributed by atoms with Crippen molar-refractivity contribution in [2.45, 2.75) is 13.0 Å². The molecular weight excluding hydrogens is 220 g/mol. The zero-order chi connectivity index (χ0) is 12.4. The zero-order valence-electron chi connectivity index (χ0n) is 9.45. The van der Waals surface area contributed by atoms with Crippen LogP contribution in [-0.2, 0) is 0 Å². The lowest BCUT2D eigenvalue weighted by molar-refractivity contribution is 0.616. The monoisotopic (exact) mass is 233 g/mol. The highest BCUT2D eigenvalue weighted by Gasteiger charge is 2.10. The summed E-state index contributed by atoms with van der Waals surface area (Å²) in [7, 11) is 0. The van der Waals surface area contributed by atoms with E-state index in [2.05, 4.69) is 0 Å². The van der Waals surface area contributed by atoms with E-state index in [1.54, 1.807) is 31.2 Å². The molecule has 88 valence electrons. The van der Waals surface area contributed by atoms with Crippen molar-refractivity contribution in [3.63, 3.8) is 0 Å². The minimum atomic E-state index is -0.366. The van der Waals surface area contributed by atoms with Crippen molar-refractivity contribution >= 4 is 0 Å². The topological polar surface area (TPSA) is 26.0 Å². The molecule has 0 aliphatic rings. The molecule has 0 amide bonds. The fourth-order valence-electron chi connectivity index (χ4n) is 1.72. The highest BCUT2D eigenvalue weighted by Crippen LogP contribution is 2.21. The molecule has 0 spiro atoms. The third kappa shape index (κ3) is 2.50. The number of rotatable bonds is 2. The first-order chi connectivity index (χ1) is 8.08. The molecule has 0 aromatic heterocycles. The van der Waals surface area contributed by atoms with Crippen molar-refractivity contribution in [1.29, 1.82) is 0 Å². The summed E-state index contributed by atoms with van der Waals surface area (Å²) < 4.78 is 25.9. The molecule has 2 rings (SSSR count). The summed E-state index contributed by atoms with van der Waals surface area (Å²) in [6, 6.07) is 10.4. The van der Waals surface area contributed by atoms with Crippen LogP contribution in [0.4, 0.5) is 8.78 Å². The Morgan fingerprint density at radius 1 is 0.941 bits per heavy atom. The largest absolute Gasteiger partial charge is 0.320 e. The SMILES string of the molecule is Cc1cc(C(N)c2ccc(F)cc2)ccc1F. The van der Waals surface area contributed by atoms with Gasteiger partial charge in [0.05, 0.1) is 6.04 Å². The third-order valence-electron chi connectivity index (χ3n) is 2.77. The highest BCUT2D eigenvalue weighted by molar-refractivity contribution is 5.34. The summed E-state index contributed by atoms with van der Waals surface area (Å²) in [5.74, 6) is -0.545. The lowest BCUT2D eigenvalue weighted by atomic mass is 9.98. The normalized spacial score (nSPS) is 12.5. The Morgan fingerprint density at radius 2 is 1.53 bits per heavy atom. The molecule has 0 aliphatic carbocycles. The van der Waals surface area contributed by atoms with E-state index in [9.17, 15) is 8.78 Å². The first kappa shape index (κ1) is 11.7. The predicted molar refractivity (Wildman–Crippen MR) is 63.6 cm³/mol. The van der Waals surface area contributed by atoms with Crippen molar-refractivity contribution in [3.05, 3.63) is 70.8 Å². The van der Waals surface area contributed by atoms with Gasteiger partial charge in [-0.1, -0.05) is 24.3 Å². The maximum atomic E-state index is 13.1. The number of aryl methyl sites for hydroxylation is 1. The van der Waals surface area contributed by atoms with Crippen LogP contribution in [0.1, 0.15) is 22.7 Å². The predicted octanol–water partition coefficient (Wildman–Crippen LogP) is 3.32. The summed E-state index contributed by atoms with van der Waals surface area (Å²) in [4.78, 5) is 0. The second-order valence-electron chi connectivity index (χ2n) is 4.04. The van der Waals surface area contributed by atoms with Gasteiger partial charge in [-0.15, -0.1) is 0 Å². The molecule has 0 radical (unpaired) electrons. The maximum absolute atomic E-state index is 13.1. The summed E-state index contributed by atoms with van der Waals surface area (Å²) in [5, 5.41) is 0. The molecule has 1 unspecified atom stereocenters. The van der Waals surface area contributed by atoms with Crippen LogP contribution in [0.2, 0.25) is 0 Å². The number of nitrogens with two attached hydrogens (primary N) is 1. The molecule has 0 saturated carbocycles. The number of halogens is 2. The van der Waals surface area contributed by atoms with Gasteiger partial charge in [-0.3, -0.25) is 0 Å². The second kappa shape index (κ2) is 4.63. The molecule has 0 saturated heterocycles. The summed E-state index contributed by atoms with van der Waals surface area (Å²) >= 11 is 0. The van der Waals surface area contributed by atoms with Gasteiger partial charge < -0.3 is 5.73 Å². The van der Waals surface area contributed by atoms with E-state index in [-0.39, 0.29) is 17.7 Å². The first-order valence-electron chi connectivity index (χ1n) is 5.35. The van der Waals surface area contributed by atoms with E-state index in [1.165, 1.54) is 18.2 Å². The third-order valence-corrected chi connectivity index (χ3v) is 2.77. The Hall–Kier alpha value is -1.74. The van der Waals surface area contributed by atoms with Gasteiger partial charge in [0, 0.05) is 0 Å². The Bertz CT molecular complexity index is 520. The van der Waals surface area contributed by atoms with Crippen molar-refractivity contribution < 1.29 is 8.78 Å². The van der Waals surface area contributed by atoms with Gasteiger partial charge in [-0.2, -0.15) is 0 Å². The Kier molecular flexibility index (Phi) is 3.20. The first-order valence-corrected chi connectivity index (χ1v) is 5.35. The van der Waals surface area contributed by atoms with Crippen LogP contribution >= 0.6 is 0 Å². The van der Waals surface area contributed by atoms with E-state index in [1.807, 2.05) is 0 Å². The van der Waals surface area contributed by atoms with Crippen LogP contribution < -0.4 is 5.73 Å². The summed E-state index contributed by atoms with van der Waals surface area (Å²) in [6.45, 7) is 1.69. The van der Waals surface area contributed by atoms with Gasteiger partial charge in [0.2, 0.25) is 0 Å². The molecule has 0 fully saturated rings. The molecule has 17 heavy (non-hydrogen) atoms. The Labute approximate surface area is 98.9 Å². The molecule has 1 atom stereocenters. The fourth-order valence-corrected chi connectivity index (χ4v) is 1.72. The van der Waals surface area contributed by atoms with Crippen LogP contribution in [0.15, 0.2) is 42.5 Å². The minimum Gasteiger partial charge on any atom is -0.320 e. The average Bonchev–Trinajstić information content (AvgIpc) is 2.33. The van der Waals surface area contributed by atoms with Gasteiger partial charge in [-0.05, 0) is 41.8 Å². The van der Waals surface area contributed by atoms with Gasteiger partial charge in [0.25, 0.3) is 0 Å². The molecule has 2 N–H and O–H groups in total. The number of benzene rings is 2. The van der Waals surface area contributed by atoms with E-state index in [0.717, 1.165) is 11.1 Å². The van der Waals surface area contributed by atoms with Crippen LogP contribution in [0.3, 0.4) is 0 Å². The summed E-state index contributed by atoms with van der Waals surface area (Å²) in [6.07, 6.45) is 0. The molecule has 0 heterocycles.